The maximum Gasteiger partial charge on any atom is 0.232 e. The summed E-state index contributed by atoms with van der Waals surface area (Å²) in [5, 5.41) is 4.23. The number of aromatic nitrogens is 2. The van der Waals surface area contributed by atoms with Crippen LogP contribution in [-0.4, -0.2) is 24.0 Å². The Morgan fingerprint density at radius 2 is 2.06 bits per heavy atom. The van der Waals surface area contributed by atoms with Crippen LogP contribution < -0.4 is 9.47 Å². The molecule has 2 rings (SSSR count). The predicted octanol–water partition coefficient (Wildman–Crippen LogP) is 1.95. The summed E-state index contributed by atoms with van der Waals surface area (Å²) in [5.41, 5.74) is 1.14. The molecule has 2 aromatic rings. The van der Waals surface area contributed by atoms with Crippen molar-refractivity contribution in [3.63, 3.8) is 0 Å². The summed E-state index contributed by atoms with van der Waals surface area (Å²) in [4.78, 5) is 0. The Bertz CT molecular complexity index is 466. The van der Waals surface area contributed by atoms with Gasteiger partial charge in [0.25, 0.3) is 0 Å². The van der Waals surface area contributed by atoms with Gasteiger partial charge in [0, 0.05) is 12.3 Å². The molecule has 0 aliphatic rings. The largest absolute Gasteiger partial charge is 0.497 e. The number of hydrogen-bond acceptors (Lipinski definition) is 3. The van der Waals surface area contributed by atoms with Crippen molar-refractivity contribution in [1.29, 1.82) is 0 Å². The molecule has 0 fully saturated rings. The Kier molecular flexibility index (Phi) is 3.10. The molecule has 4 heteroatoms. The van der Waals surface area contributed by atoms with E-state index in [4.69, 9.17) is 9.47 Å². The molecule has 1 aromatic heterocycles. The summed E-state index contributed by atoms with van der Waals surface area (Å²) in [7, 11) is 3.27. The van der Waals surface area contributed by atoms with Gasteiger partial charge in [-0.15, -0.1) is 5.10 Å². The molecule has 0 bridgehead atoms. The molecule has 0 unspecified atom stereocenters. The third kappa shape index (κ3) is 2.34. The van der Waals surface area contributed by atoms with Gasteiger partial charge in [-0.25, -0.2) is 0 Å². The zero-order valence-electron chi connectivity index (χ0n) is 9.38. The molecule has 0 aliphatic carbocycles. The Balaban J connectivity index is 2.13. The van der Waals surface area contributed by atoms with Crippen molar-refractivity contribution in [2.24, 2.45) is 0 Å². The Hall–Kier alpha value is -1.97. The minimum absolute atomic E-state index is 0.628. The molecule has 1 aromatic carbocycles. The second-order valence-corrected chi connectivity index (χ2v) is 3.41. The van der Waals surface area contributed by atoms with Crippen LogP contribution in [0.2, 0.25) is 0 Å². The molecule has 0 amide bonds. The molecule has 0 radical (unpaired) electrons. The quantitative estimate of drug-likeness (QED) is 0.787. The molecular weight excluding hydrogens is 204 g/mol. The van der Waals surface area contributed by atoms with Crippen LogP contribution in [0.1, 0.15) is 5.56 Å². The summed E-state index contributed by atoms with van der Waals surface area (Å²) in [5.74, 6) is 1.49. The molecule has 1 heterocycles. The van der Waals surface area contributed by atoms with Crippen LogP contribution in [0.3, 0.4) is 0 Å². The third-order valence-corrected chi connectivity index (χ3v) is 2.30. The predicted molar refractivity (Wildman–Crippen MR) is 60.9 cm³/mol. The van der Waals surface area contributed by atoms with Crippen LogP contribution in [0.5, 0.6) is 11.6 Å². The maximum absolute atomic E-state index is 5.16. The lowest BCUT2D eigenvalue weighted by molar-refractivity contribution is 0.390. The van der Waals surface area contributed by atoms with Crippen molar-refractivity contribution in [3.8, 4) is 11.6 Å². The molecule has 16 heavy (non-hydrogen) atoms. The van der Waals surface area contributed by atoms with Crippen LogP contribution in [-0.2, 0) is 6.54 Å². The fourth-order valence-electron chi connectivity index (χ4n) is 1.50. The van der Waals surface area contributed by atoms with E-state index in [0.29, 0.717) is 12.4 Å². The summed E-state index contributed by atoms with van der Waals surface area (Å²) in [6.07, 6.45) is 1.89. The monoisotopic (exact) mass is 218 g/mol. The van der Waals surface area contributed by atoms with E-state index in [1.165, 1.54) is 0 Å². The van der Waals surface area contributed by atoms with Crippen LogP contribution in [0.25, 0.3) is 0 Å². The second-order valence-electron chi connectivity index (χ2n) is 3.41. The van der Waals surface area contributed by atoms with E-state index in [-0.39, 0.29) is 0 Å². The van der Waals surface area contributed by atoms with Crippen molar-refractivity contribution in [2.75, 3.05) is 14.2 Å². The SMILES string of the molecule is COc1cccc(Cn2ccc(OC)n2)c1. The average Bonchev–Trinajstić information content (AvgIpc) is 2.77. The van der Waals surface area contributed by atoms with Gasteiger partial charge in [0.1, 0.15) is 5.75 Å². The van der Waals surface area contributed by atoms with Crippen molar-refractivity contribution >= 4 is 0 Å². The highest BCUT2D eigenvalue weighted by atomic mass is 16.5. The molecule has 0 atom stereocenters. The number of ether oxygens (including phenoxy) is 2. The van der Waals surface area contributed by atoms with Gasteiger partial charge in [-0.3, -0.25) is 4.68 Å². The fraction of sp³-hybridized carbons (Fsp3) is 0.250. The van der Waals surface area contributed by atoms with Gasteiger partial charge in [-0.1, -0.05) is 12.1 Å². The van der Waals surface area contributed by atoms with Crippen LogP contribution in [0, 0.1) is 0 Å². The standard InChI is InChI=1S/C12H14N2O2/c1-15-11-5-3-4-10(8-11)9-14-7-6-12(13-14)16-2/h3-8H,9H2,1-2H3. The van der Waals surface area contributed by atoms with Gasteiger partial charge in [0.05, 0.1) is 20.8 Å². The summed E-state index contributed by atoms with van der Waals surface area (Å²) in [6.45, 7) is 0.709. The number of benzene rings is 1. The fourth-order valence-corrected chi connectivity index (χ4v) is 1.50. The van der Waals surface area contributed by atoms with Crippen molar-refractivity contribution in [2.45, 2.75) is 6.54 Å². The Morgan fingerprint density at radius 1 is 1.19 bits per heavy atom. The summed E-state index contributed by atoms with van der Waals surface area (Å²) >= 11 is 0. The highest BCUT2D eigenvalue weighted by molar-refractivity contribution is 5.28. The van der Waals surface area contributed by atoms with Crippen molar-refractivity contribution in [1.82, 2.24) is 9.78 Å². The van der Waals surface area contributed by atoms with Crippen LogP contribution >= 0.6 is 0 Å². The third-order valence-electron chi connectivity index (χ3n) is 2.30. The molecule has 4 nitrogen and oxygen atoms in total. The first-order valence-corrected chi connectivity index (χ1v) is 5.02. The van der Waals surface area contributed by atoms with Gasteiger partial charge in [0.15, 0.2) is 0 Å². The maximum atomic E-state index is 5.16. The number of methoxy groups -OCH3 is 2. The van der Waals surface area contributed by atoms with Gasteiger partial charge in [0.2, 0.25) is 5.88 Å². The zero-order valence-corrected chi connectivity index (χ0v) is 9.38. The highest BCUT2D eigenvalue weighted by Gasteiger charge is 2.00. The van der Waals surface area contributed by atoms with Gasteiger partial charge >= 0.3 is 0 Å². The first kappa shape index (κ1) is 10.5. The van der Waals surface area contributed by atoms with Crippen molar-refractivity contribution in [3.05, 3.63) is 42.1 Å². The minimum atomic E-state index is 0.628. The lowest BCUT2D eigenvalue weighted by Crippen LogP contribution is -2.00. The molecular formula is C12H14N2O2. The summed E-state index contributed by atoms with van der Waals surface area (Å²) in [6, 6.07) is 9.76. The average molecular weight is 218 g/mol. The second kappa shape index (κ2) is 4.70. The summed E-state index contributed by atoms with van der Waals surface area (Å²) < 4.78 is 12.0. The first-order chi connectivity index (χ1) is 7.81. The van der Waals surface area contributed by atoms with Gasteiger partial charge in [-0.05, 0) is 17.7 Å². The van der Waals surface area contributed by atoms with Gasteiger partial charge < -0.3 is 9.47 Å². The van der Waals surface area contributed by atoms with Crippen LogP contribution in [0.15, 0.2) is 36.5 Å². The molecule has 84 valence electrons. The topological polar surface area (TPSA) is 36.3 Å². The van der Waals surface area contributed by atoms with Crippen LogP contribution in [0.4, 0.5) is 0 Å². The molecule has 0 N–H and O–H groups in total. The molecule has 0 spiro atoms. The normalized spacial score (nSPS) is 10.1. The number of nitrogens with zero attached hydrogens (tertiary/aromatic N) is 2. The lowest BCUT2D eigenvalue weighted by atomic mass is 10.2. The van der Waals surface area contributed by atoms with E-state index in [0.717, 1.165) is 11.3 Å². The number of hydrogen-bond donors (Lipinski definition) is 0. The van der Waals surface area contributed by atoms with E-state index < -0.39 is 0 Å². The first-order valence-electron chi connectivity index (χ1n) is 5.02. The zero-order chi connectivity index (χ0) is 11.4. The van der Waals surface area contributed by atoms with Crippen molar-refractivity contribution < 1.29 is 9.47 Å². The molecule has 0 aliphatic heterocycles. The highest BCUT2D eigenvalue weighted by Crippen LogP contribution is 2.14. The van der Waals surface area contributed by atoms with E-state index in [1.807, 2.05) is 41.2 Å². The molecule has 0 saturated heterocycles. The Morgan fingerprint density at radius 3 is 2.75 bits per heavy atom. The van der Waals surface area contributed by atoms with E-state index in [1.54, 1.807) is 14.2 Å². The minimum Gasteiger partial charge on any atom is -0.497 e. The number of rotatable bonds is 4. The smallest absolute Gasteiger partial charge is 0.232 e. The van der Waals surface area contributed by atoms with E-state index in [2.05, 4.69) is 5.10 Å². The Labute approximate surface area is 94.4 Å². The molecule has 0 saturated carbocycles. The van der Waals surface area contributed by atoms with E-state index >= 15 is 0 Å². The lowest BCUT2D eigenvalue weighted by Gasteiger charge is -2.04. The van der Waals surface area contributed by atoms with E-state index in [9.17, 15) is 0 Å². The van der Waals surface area contributed by atoms with Gasteiger partial charge in [-0.2, -0.15) is 0 Å².